The summed E-state index contributed by atoms with van der Waals surface area (Å²) in [5.41, 5.74) is 0. The van der Waals surface area contributed by atoms with Gasteiger partial charge in [-0.1, -0.05) is 0 Å². The Bertz CT molecular complexity index is 375. The number of nitrogens with one attached hydrogen (secondary N) is 1. The van der Waals surface area contributed by atoms with Gasteiger partial charge in [0.15, 0.2) is 0 Å². The van der Waals surface area contributed by atoms with Crippen molar-refractivity contribution in [2.75, 3.05) is 6.61 Å². The summed E-state index contributed by atoms with van der Waals surface area (Å²) in [5, 5.41) is 49.2. The first-order chi connectivity index (χ1) is 9.19. The second-order valence-corrected chi connectivity index (χ2v) is 4.82. The maximum absolute atomic E-state index is 11.1. The van der Waals surface area contributed by atoms with Crippen LogP contribution in [0.5, 0.6) is 0 Å². The second-order valence-electron chi connectivity index (χ2n) is 4.82. The lowest BCUT2D eigenvalue weighted by molar-refractivity contribution is -0.280. The Morgan fingerprint density at radius 1 is 1.50 bits per heavy atom. The molecule has 1 rings (SSSR count). The van der Waals surface area contributed by atoms with Crippen LogP contribution >= 0.6 is 0 Å². The number of carboxylic acid groups (broad SMARTS) is 1. The molecule has 0 aromatic rings. The van der Waals surface area contributed by atoms with Gasteiger partial charge in [0.1, 0.15) is 0 Å². The number of aliphatic carboxylic acids is 1. The summed E-state index contributed by atoms with van der Waals surface area (Å²) in [6.45, 7) is 0.596. The molecule has 116 valence electrons. The Morgan fingerprint density at radius 2 is 2.10 bits per heavy atom. The van der Waals surface area contributed by atoms with Gasteiger partial charge in [-0.05, 0) is 0 Å². The van der Waals surface area contributed by atoms with Gasteiger partial charge in [0.05, 0.1) is 31.0 Å². The molecule has 20 heavy (non-hydrogen) atoms. The number of hydrogen-bond acceptors (Lipinski definition) is 7. The van der Waals surface area contributed by atoms with E-state index in [0.717, 1.165) is 0 Å². The minimum atomic E-state index is -2.60. The molecule has 1 saturated heterocycles. The van der Waals surface area contributed by atoms with Gasteiger partial charge in [0.25, 0.3) is 5.79 Å². The molecule has 6 N–H and O–H groups in total. The predicted octanol–water partition coefficient (Wildman–Crippen LogP) is -2.84. The van der Waals surface area contributed by atoms with E-state index in [2.05, 4.69) is 5.32 Å². The largest absolute Gasteiger partial charge is 0.477 e. The lowest BCUT2D eigenvalue weighted by atomic mass is 9.90. The topological polar surface area (TPSA) is 157 Å². The van der Waals surface area contributed by atoms with Crippen LogP contribution < -0.4 is 5.32 Å². The zero-order chi connectivity index (χ0) is 15.5. The highest BCUT2D eigenvalue weighted by Crippen LogP contribution is 2.30. The van der Waals surface area contributed by atoms with Crippen molar-refractivity contribution in [3.63, 3.8) is 0 Å². The summed E-state index contributed by atoms with van der Waals surface area (Å²) in [4.78, 5) is 22.1. The second kappa shape index (κ2) is 6.46. The molecule has 0 saturated carbocycles. The Hall–Kier alpha value is -1.26. The minimum absolute atomic E-state index is 0.256. The van der Waals surface area contributed by atoms with E-state index < -0.39 is 55.0 Å². The molecule has 1 amide bonds. The Kier molecular flexibility index (Phi) is 5.42. The molecule has 1 fully saturated rings. The molecule has 0 spiro atoms. The average Bonchev–Trinajstić information content (AvgIpc) is 2.33. The van der Waals surface area contributed by atoms with Gasteiger partial charge in [0.2, 0.25) is 5.91 Å². The molecule has 9 heteroatoms. The number of hydrogen-bond donors (Lipinski definition) is 6. The smallest absolute Gasteiger partial charge is 0.364 e. The normalized spacial score (nSPS) is 35.4. The van der Waals surface area contributed by atoms with Crippen LogP contribution in [0.3, 0.4) is 0 Å². The zero-order valence-electron chi connectivity index (χ0n) is 10.9. The summed E-state index contributed by atoms with van der Waals surface area (Å²) < 4.78 is 5.00. The van der Waals surface area contributed by atoms with Crippen molar-refractivity contribution in [1.82, 2.24) is 5.32 Å². The van der Waals surface area contributed by atoms with Crippen LogP contribution in [-0.2, 0) is 14.3 Å². The lowest BCUT2D eigenvalue weighted by Crippen LogP contribution is -2.63. The highest BCUT2D eigenvalue weighted by molar-refractivity contribution is 5.76. The van der Waals surface area contributed by atoms with Gasteiger partial charge in [0, 0.05) is 19.8 Å². The van der Waals surface area contributed by atoms with Crippen molar-refractivity contribution < 1.29 is 39.9 Å². The molecule has 0 radical (unpaired) electrons. The summed E-state index contributed by atoms with van der Waals surface area (Å²) in [5.74, 6) is -4.77. The number of carbonyl (C=O) groups is 2. The monoisotopic (exact) mass is 293 g/mol. The number of aliphatic hydroxyl groups is 4. The number of aliphatic hydroxyl groups excluding tert-OH is 3. The fraction of sp³-hybridized carbons (Fsp3) is 0.818. The zero-order valence-corrected chi connectivity index (χ0v) is 10.9. The number of rotatable bonds is 5. The molecule has 0 aromatic heterocycles. The fourth-order valence-electron chi connectivity index (χ4n) is 2.13. The van der Waals surface area contributed by atoms with Crippen LogP contribution in [-0.4, -0.2) is 74.2 Å². The molecular weight excluding hydrogens is 274 g/mol. The van der Waals surface area contributed by atoms with E-state index in [0.29, 0.717) is 0 Å². The average molecular weight is 293 g/mol. The van der Waals surface area contributed by atoms with Gasteiger partial charge in [-0.3, -0.25) is 4.79 Å². The first-order valence-electron chi connectivity index (χ1n) is 6.07. The predicted molar refractivity (Wildman–Crippen MR) is 63.4 cm³/mol. The van der Waals surface area contributed by atoms with Gasteiger partial charge in [-0.15, -0.1) is 0 Å². The Labute approximate surface area is 114 Å². The van der Waals surface area contributed by atoms with E-state index in [1.54, 1.807) is 0 Å². The minimum Gasteiger partial charge on any atom is -0.477 e. The third-order valence-corrected chi connectivity index (χ3v) is 3.07. The Balaban J connectivity index is 2.93. The van der Waals surface area contributed by atoms with Crippen LogP contribution in [0, 0.1) is 0 Å². The molecule has 0 aliphatic carbocycles. The van der Waals surface area contributed by atoms with Gasteiger partial charge >= 0.3 is 5.97 Å². The van der Waals surface area contributed by atoms with Crippen molar-refractivity contribution in [1.29, 1.82) is 0 Å². The van der Waals surface area contributed by atoms with Crippen LogP contribution in [0.15, 0.2) is 0 Å². The van der Waals surface area contributed by atoms with Gasteiger partial charge in [-0.25, -0.2) is 4.79 Å². The first kappa shape index (κ1) is 16.8. The quantitative estimate of drug-likeness (QED) is 0.316. The molecular formula is C11H19NO8. The van der Waals surface area contributed by atoms with Crippen molar-refractivity contribution in [2.24, 2.45) is 0 Å². The van der Waals surface area contributed by atoms with Gasteiger partial charge < -0.3 is 35.6 Å². The standard InChI is InChI=1S/C11H19NO8/c1-5(14)12-9-7(16)3-11(19,10(17)18)20-8(9)2-6(15)4-13/h6-9,13,15-16,19H,2-4H2,1H3,(H,12,14)(H,17,18)/t6-,7+,8?,9?,11+/m0/s1. The summed E-state index contributed by atoms with van der Waals surface area (Å²) >= 11 is 0. The molecule has 2 unspecified atom stereocenters. The van der Waals surface area contributed by atoms with Crippen molar-refractivity contribution in [2.45, 2.75) is 49.9 Å². The van der Waals surface area contributed by atoms with E-state index >= 15 is 0 Å². The van der Waals surface area contributed by atoms with Crippen molar-refractivity contribution >= 4 is 11.9 Å². The van der Waals surface area contributed by atoms with Crippen LogP contribution in [0.4, 0.5) is 0 Å². The summed E-state index contributed by atoms with van der Waals surface area (Å²) in [6.07, 6.45) is -4.65. The summed E-state index contributed by atoms with van der Waals surface area (Å²) in [7, 11) is 0. The van der Waals surface area contributed by atoms with Crippen molar-refractivity contribution in [3.8, 4) is 0 Å². The number of ether oxygens (including phenoxy) is 1. The van der Waals surface area contributed by atoms with Crippen LogP contribution in [0.25, 0.3) is 0 Å². The van der Waals surface area contributed by atoms with E-state index in [1.165, 1.54) is 6.92 Å². The molecule has 1 aliphatic heterocycles. The third-order valence-electron chi connectivity index (χ3n) is 3.07. The number of amides is 1. The van der Waals surface area contributed by atoms with Crippen LogP contribution in [0.2, 0.25) is 0 Å². The van der Waals surface area contributed by atoms with Crippen molar-refractivity contribution in [3.05, 3.63) is 0 Å². The van der Waals surface area contributed by atoms with E-state index in [4.69, 9.17) is 14.9 Å². The number of carboxylic acids is 1. The Morgan fingerprint density at radius 3 is 2.55 bits per heavy atom. The molecule has 0 aromatic carbocycles. The fourth-order valence-corrected chi connectivity index (χ4v) is 2.13. The SMILES string of the molecule is CC(=O)NC1C(C[C@H](O)CO)O[C@@](O)(C(=O)O)C[C@H]1O. The van der Waals surface area contributed by atoms with Crippen LogP contribution in [0.1, 0.15) is 19.8 Å². The highest BCUT2D eigenvalue weighted by Gasteiger charge is 2.51. The van der Waals surface area contributed by atoms with Gasteiger partial charge in [-0.2, -0.15) is 0 Å². The molecule has 9 nitrogen and oxygen atoms in total. The molecule has 0 bridgehead atoms. The number of carbonyl (C=O) groups excluding carboxylic acids is 1. The third kappa shape index (κ3) is 3.87. The first-order valence-corrected chi connectivity index (χ1v) is 6.07. The van der Waals surface area contributed by atoms with E-state index in [1.807, 2.05) is 0 Å². The van der Waals surface area contributed by atoms with E-state index in [9.17, 15) is 24.9 Å². The lowest BCUT2D eigenvalue weighted by Gasteiger charge is -2.42. The molecule has 5 atom stereocenters. The van der Waals surface area contributed by atoms with E-state index in [-0.39, 0.29) is 6.42 Å². The highest BCUT2D eigenvalue weighted by atomic mass is 16.7. The maximum atomic E-state index is 11.1. The molecule has 1 aliphatic rings. The maximum Gasteiger partial charge on any atom is 0.364 e. The summed E-state index contributed by atoms with van der Waals surface area (Å²) in [6, 6.07) is -0.992. The molecule has 1 heterocycles.